The van der Waals surface area contributed by atoms with E-state index in [1.54, 1.807) is 6.07 Å². The van der Waals surface area contributed by atoms with Crippen molar-refractivity contribution in [3.63, 3.8) is 0 Å². The van der Waals surface area contributed by atoms with E-state index in [0.717, 1.165) is 0 Å². The normalized spacial score (nSPS) is 19.4. The molecule has 1 amide bonds. The fourth-order valence-corrected chi connectivity index (χ4v) is 3.67. The highest BCUT2D eigenvalue weighted by atomic mass is 79.9. The fourth-order valence-electron chi connectivity index (χ4n) is 1.91. The number of benzene rings is 1. The number of anilines is 1. The molecular weight excluding hydrogens is 386 g/mol. The summed E-state index contributed by atoms with van der Waals surface area (Å²) in [5.41, 5.74) is 0.485. The van der Waals surface area contributed by atoms with Gasteiger partial charge < -0.3 is 10.0 Å². The molecule has 4 nitrogen and oxygen atoms in total. The second-order valence-corrected chi connectivity index (χ2v) is 6.45. The second-order valence-electron chi connectivity index (χ2n) is 3.95. The first kappa shape index (κ1) is 13.9. The lowest BCUT2D eigenvalue weighted by Crippen LogP contribution is -2.27. The van der Waals surface area contributed by atoms with Crippen molar-refractivity contribution >= 4 is 62.1 Å². The van der Waals surface area contributed by atoms with Crippen LogP contribution in [0.2, 0.25) is 0 Å². The minimum Gasteiger partial charge on any atom is -0.478 e. The molecule has 0 radical (unpaired) electrons. The quantitative estimate of drug-likeness (QED) is 0.758. The molecule has 1 atom stereocenters. The van der Waals surface area contributed by atoms with Crippen LogP contribution in [0.25, 0.3) is 0 Å². The third kappa shape index (κ3) is 2.57. The Bertz CT molecular complexity index is 535. The van der Waals surface area contributed by atoms with Gasteiger partial charge in [0.25, 0.3) is 0 Å². The van der Waals surface area contributed by atoms with E-state index >= 15 is 0 Å². The third-order valence-electron chi connectivity index (χ3n) is 2.63. The molecule has 96 valence electrons. The minimum absolute atomic E-state index is 0.0605. The fraction of sp³-hybridized carbons (Fsp3) is 0.273. The predicted octanol–water partition coefficient (Wildman–Crippen LogP) is 2.94. The number of rotatable bonds is 2. The van der Waals surface area contributed by atoms with Crippen molar-refractivity contribution in [1.82, 2.24) is 0 Å². The summed E-state index contributed by atoms with van der Waals surface area (Å²) in [5, 5.41) is 9.17. The van der Waals surface area contributed by atoms with E-state index in [2.05, 4.69) is 44.5 Å². The Morgan fingerprint density at radius 1 is 1.44 bits per heavy atom. The van der Waals surface area contributed by atoms with E-state index < -0.39 is 5.97 Å². The summed E-state index contributed by atoms with van der Waals surface area (Å²) in [7, 11) is 0. The van der Waals surface area contributed by atoms with Gasteiger partial charge in [0.1, 0.15) is 0 Å². The van der Waals surface area contributed by atoms with E-state index in [-0.39, 0.29) is 16.7 Å². The maximum Gasteiger partial charge on any atom is 0.337 e. The molecule has 0 saturated carbocycles. The molecule has 0 spiro atoms. The standard InChI is InChI=1S/C11H9Br2NO3S/c12-5-1-7(11(16)17)10(8(13)2-5)14-4-6(18)3-9(14)15/h1-2,6,18H,3-4H2,(H,16,17). The van der Waals surface area contributed by atoms with Crippen molar-refractivity contribution in [2.24, 2.45) is 0 Å². The second kappa shape index (κ2) is 5.22. The number of halogens is 2. The lowest BCUT2D eigenvalue weighted by Gasteiger charge is -2.20. The van der Waals surface area contributed by atoms with E-state index in [4.69, 9.17) is 0 Å². The molecule has 0 aliphatic carbocycles. The molecule has 0 bridgehead atoms. The molecule has 1 fully saturated rings. The van der Waals surface area contributed by atoms with Crippen molar-refractivity contribution in [1.29, 1.82) is 0 Å². The first-order valence-corrected chi connectivity index (χ1v) is 7.21. The number of hydrogen-bond acceptors (Lipinski definition) is 3. The van der Waals surface area contributed by atoms with Gasteiger partial charge in [0, 0.05) is 27.2 Å². The third-order valence-corrected chi connectivity index (χ3v) is 4.04. The van der Waals surface area contributed by atoms with Crippen molar-refractivity contribution in [3.05, 3.63) is 26.6 Å². The predicted molar refractivity (Wildman–Crippen MR) is 78.5 cm³/mol. The molecule has 1 unspecified atom stereocenters. The van der Waals surface area contributed by atoms with Crippen LogP contribution in [0, 0.1) is 0 Å². The number of aromatic carboxylic acids is 1. The van der Waals surface area contributed by atoms with Crippen molar-refractivity contribution in [2.75, 3.05) is 11.4 Å². The number of carboxylic acids is 1. The van der Waals surface area contributed by atoms with E-state index in [1.807, 2.05) is 0 Å². The summed E-state index contributed by atoms with van der Waals surface area (Å²) >= 11 is 10.8. The van der Waals surface area contributed by atoms with E-state index in [0.29, 0.717) is 27.6 Å². The topological polar surface area (TPSA) is 57.6 Å². The van der Waals surface area contributed by atoms with Crippen LogP contribution in [-0.4, -0.2) is 28.8 Å². The zero-order valence-corrected chi connectivity index (χ0v) is 13.1. The average molecular weight is 395 g/mol. The van der Waals surface area contributed by atoms with Crippen LogP contribution in [0.15, 0.2) is 21.1 Å². The highest BCUT2D eigenvalue weighted by Crippen LogP contribution is 2.36. The molecule has 7 heteroatoms. The molecule has 1 aromatic carbocycles. The van der Waals surface area contributed by atoms with Gasteiger partial charge in [0.15, 0.2) is 0 Å². The summed E-state index contributed by atoms with van der Waals surface area (Å²) in [6.45, 7) is 0.419. The van der Waals surface area contributed by atoms with Crippen LogP contribution in [0.3, 0.4) is 0 Å². The summed E-state index contributed by atoms with van der Waals surface area (Å²) in [6.07, 6.45) is 0.324. The van der Waals surface area contributed by atoms with Crippen molar-refractivity contribution < 1.29 is 14.7 Å². The Labute approximate surface area is 126 Å². The largest absolute Gasteiger partial charge is 0.478 e. The Morgan fingerprint density at radius 3 is 2.61 bits per heavy atom. The van der Waals surface area contributed by atoms with Gasteiger partial charge in [-0.2, -0.15) is 12.6 Å². The number of thiol groups is 1. The van der Waals surface area contributed by atoms with Gasteiger partial charge in [-0.25, -0.2) is 4.79 Å². The number of nitrogens with zero attached hydrogens (tertiary/aromatic N) is 1. The first-order valence-electron chi connectivity index (χ1n) is 5.11. The van der Waals surface area contributed by atoms with Gasteiger partial charge in [-0.1, -0.05) is 15.9 Å². The van der Waals surface area contributed by atoms with Crippen molar-refractivity contribution in [2.45, 2.75) is 11.7 Å². The molecule has 1 heterocycles. The zero-order valence-electron chi connectivity index (χ0n) is 9.06. The minimum atomic E-state index is -1.07. The Balaban J connectivity index is 2.56. The Morgan fingerprint density at radius 2 is 2.11 bits per heavy atom. The maximum atomic E-state index is 11.8. The number of amides is 1. The number of carbonyl (C=O) groups excluding carboxylic acids is 1. The molecule has 1 N–H and O–H groups in total. The van der Waals surface area contributed by atoms with Crippen LogP contribution >= 0.6 is 44.5 Å². The molecule has 2 rings (SSSR count). The smallest absolute Gasteiger partial charge is 0.337 e. The SMILES string of the molecule is O=C(O)c1cc(Br)cc(Br)c1N1CC(S)CC1=O. The van der Waals surface area contributed by atoms with Gasteiger partial charge in [-0.15, -0.1) is 0 Å². The Hall–Kier alpha value is -0.530. The van der Waals surface area contributed by atoms with Crippen LogP contribution < -0.4 is 4.90 Å². The number of carboxylic acid groups (broad SMARTS) is 1. The van der Waals surface area contributed by atoms with Gasteiger partial charge in [0.2, 0.25) is 5.91 Å². The van der Waals surface area contributed by atoms with E-state index in [9.17, 15) is 14.7 Å². The summed E-state index contributed by atoms with van der Waals surface area (Å²) in [5.74, 6) is -1.18. The molecule has 0 aromatic heterocycles. The summed E-state index contributed by atoms with van der Waals surface area (Å²) in [4.78, 5) is 24.6. The zero-order chi connectivity index (χ0) is 13.4. The summed E-state index contributed by atoms with van der Waals surface area (Å²) in [6, 6.07) is 3.21. The molecule has 1 saturated heterocycles. The highest BCUT2D eigenvalue weighted by molar-refractivity contribution is 9.11. The molecule has 1 aliphatic heterocycles. The number of hydrogen-bond donors (Lipinski definition) is 2. The molecular formula is C11H9Br2NO3S. The Kier molecular flexibility index (Phi) is 4.03. The van der Waals surface area contributed by atoms with Gasteiger partial charge >= 0.3 is 5.97 Å². The van der Waals surface area contributed by atoms with Crippen LogP contribution in [-0.2, 0) is 4.79 Å². The lowest BCUT2D eigenvalue weighted by atomic mass is 10.1. The molecule has 18 heavy (non-hydrogen) atoms. The van der Waals surface area contributed by atoms with Crippen LogP contribution in [0.4, 0.5) is 5.69 Å². The van der Waals surface area contributed by atoms with Crippen LogP contribution in [0.5, 0.6) is 0 Å². The maximum absolute atomic E-state index is 11.8. The average Bonchev–Trinajstić information content (AvgIpc) is 2.56. The summed E-state index contributed by atoms with van der Waals surface area (Å²) < 4.78 is 1.22. The van der Waals surface area contributed by atoms with E-state index in [1.165, 1.54) is 11.0 Å². The molecule has 1 aliphatic rings. The lowest BCUT2D eigenvalue weighted by molar-refractivity contribution is -0.117. The van der Waals surface area contributed by atoms with Crippen molar-refractivity contribution in [3.8, 4) is 0 Å². The monoisotopic (exact) mass is 393 g/mol. The highest BCUT2D eigenvalue weighted by Gasteiger charge is 2.32. The molecule has 1 aromatic rings. The van der Waals surface area contributed by atoms with Gasteiger partial charge in [-0.3, -0.25) is 4.79 Å². The van der Waals surface area contributed by atoms with Crippen LogP contribution in [0.1, 0.15) is 16.8 Å². The van der Waals surface area contributed by atoms with Gasteiger partial charge in [-0.05, 0) is 28.1 Å². The number of carbonyl (C=O) groups is 2. The first-order chi connectivity index (χ1) is 8.40. The van der Waals surface area contributed by atoms with Gasteiger partial charge in [0.05, 0.1) is 11.3 Å².